The molecule has 2 aromatic carbocycles. The first-order valence-corrected chi connectivity index (χ1v) is 9.84. The van der Waals surface area contributed by atoms with Crippen molar-refractivity contribution in [2.24, 2.45) is 4.99 Å². The summed E-state index contributed by atoms with van der Waals surface area (Å²) in [6.45, 7) is 3.94. The van der Waals surface area contributed by atoms with Crippen LogP contribution in [0, 0.1) is 0 Å². The summed E-state index contributed by atoms with van der Waals surface area (Å²) < 4.78 is 0. The second kappa shape index (κ2) is 12.0. The Kier molecular flexibility index (Phi) is 9.44. The molecule has 3 aromatic rings. The summed E-state index contributed by atoms with van der Waals surface area (Å²) in [6, 6.07) is 15.7. The van der Waals surface area contributed by atoms with E-state index in [2.05, 4.69) is 30.8 Å². The Morgan fingerprint density at radius 2 is 1.87 bits per heavy atom. The number of aliphatic imine (C=N–C) groups is 1. The van der Waals surface area contributed by atoms with Gasteiger partial charge >= 0.3 is 0 Å². The Balaban J connectivity index is 0.00000341. The van der Waals surface area contributed by atoms with E-state index in [-0.39, 0.29) is 29.9 Å². The molecule has 1 heterocycles. The standard InChI is InChI=1S/C22H27N7O.HI/c1-4-23-22(24-13-16-8-10-18(11-9-16)21(30)29(2)3)25-14-17-6-5-7-19(12-17)20-26-15-27-28-20;/h5-12,15H,4,13-14H2,1-3H3,(H2,23,24,25)(H,26,27,28);1H. The van der Waals surface area contributed by atoms with Crippen molar-refractivity contribution in [2.75, 3.05) is 20.6 Å². The molecular weight excluding hydrogens is 505 g/mol. The fraction of sp³-hybridized carbons (Fsp3) is 0.273. The van der Waals surface area contributed by atoms with Crippen LogP contribution in [0.3, 0.4) is 0 Å². The second-order valence-corrected chi connectivity index (χ2v) is 6.98. The Morgan fingerprint density at radius 1 is 1.10 bits per heavy atom. The van der Waals surface area contributed by atoms with Gasteiger partial charge in [-0.25, -0.2) is 9.98 Å². The zero-order valence-electron chi connectivity index (χ0n) is 17.9. The molecule has 0 saturated heterocycles. The van der Waals surface area contributed by atoms with Crippen molar-refractivity contribution in [1.82, 2.24) is 30.7 Å². The van der Waals surface area contributed by atoms with Crippen molar-refractivity contribution >= 4 is 35.8 Å². The lowest BCUT2D eigenvalue weighted by Crippen LogP contribution is -2.36. The quantitative estimate of drug-likeness (QED) is 0.247. The van der Waals surface area contributed by atoms with Crippen molar-refractivity contribution in [3.8, 4) is 11.4 Å². The number of carbonyl (C=O) groups excluding carboxylic acids is 1. The van der Waals surface area contributed by atoms with Gasteiger partial charge in [-0.2, -0.15) is 5.10 Å². The molecule has 164 valence electrons. The van der Waals surface area contributed by atoms with Crippen molar-refractivity contribution < 1.29 is 4.79 Å². The molecule has 0 atom stereocenters. The minimum absolute atomic E-state index is 0. The van der Waals surface area contributed by atoms with Crippen LogP contribution < -0.4 is 10.6 Å². The van der Waals surface area contributed by atoms with Crippen LogP contribution in [0.2, 0.25) is 0 Å². The van der Waals surface area contributed by atoms with Crippen molar-refractivity contribution in [3.05, 3.63) is 71.5 Å². The average molecular weight is 533 g/mol. The minimum atomic E-state index is -0.00281. The van der Waals surface area contributed by atoms with Crippen molar-refractivity contribution in [2.45, 2.75) is 20.0 Å². The number of aromatic amines is 1. The molecule has 8 nitrogen and oxygen atoms in total. The Hall–Kier alpha value is -2.95. The Bertz CT molecular complexity index is 985. The van der Waals surface area contributed by atoms with Gasteiger partial charge in [-0.3, -0.25) is 9.89 Å². The van der Waals surface area contributed by atoms with E-state index in [0.717, 1.165) is 35.0 Å². The number of hydrogen-bond donors (Lipinski definition) is 3. The predicted molar refractivity (Wildman–Crippen MR) is 133 cm³/mol. The molecule has 3 rings (SSSR count). The number of aromatic nitrogens is 3. The fourth-order valence-electron chi connectivity index (χ4n) is 2.88. The molecule has 0 aliphatic heterocycles. The van der Waals surface area contributed by atoms with Gasteiger partial charge in [0.05, 0.1) is 6.54 Å². The van der Waals surface area contributed by atoms with Gasteiger partial charge in [-0.05, 0) is 36.2 Å². The molecule has 0 spiro atoms. The van der Waals surface area contributed by atoms with E-state index < -0.39 is 0 Å². The number of nitrogens with one attached hydrogen (secondary N) is 3. The van der Waals surface area contributed by atoms with Crippen LogP contribution in [0.4, 0.5) is 0 Å². The van der Waals surface area contributed by atoms with Crippen LogP contribution in [0.1, 0.15) is 28.4 Å². The van der Waals surface area contributed by atoms with Crippen LogP contribution in [0.25, 0.3) is 11.4 Å². The summed E-state index contributed by atoms with van der Waals surface area (Å²) in [5.41, 5.74) is 3.80. The van der Waals surface area contributed by atoms with Crippen LogP contribution >= 0.6 is 24.0 Å². The maximum absolute atomic E-state index is 12.0. The van der Waals surface area contributed by atoms with E-state index in [0.29, 0.717) is 18.7 Å². The van der Waals surface area contributed by atoms with Crippen LogP contribution in [0.15, 0.2) is 59.9 Å². The second-order valence-electron chi connectivity index (χ2n) is 6.98. The lowest BCUT2D eigenvalue weighted by atomic mass is 10.1. The third-order valence-corrected chi connectivity index (χ3v) is 4.45. The van der Waals surface area contributed by atoms with Gasteiger partial charge in [0, 0.05) is 38.3 Å². The zero-order valence-corrected chi connectivity index (χ0v) is 20.3. The highest BCUT2D eigenvalue weighted by atomic mass is 127. The average Bonchev–Trinajstić information content (AvgIpc) is 3.31. The number of hydrogen-bond acceptors (Lipinski definition) is 4. The molecule has 0 bridgehead atoms. The minimum Gasteiger partial charge on any atom is -0.357 e. The highest BCUT2D eigenvalue weighted by Crippen LogP contribution is 2.16. The number of guanidine groups is 1. The molecule has 0 aliphatic rings. The Labute approximate surface area is 199 Å². The lowest BCUT2D eigenvalue weighted by molar-refractivity contribution is 0.0827. The highest BCUT2D eigenvalue weighted by molar-refractivity contribution is 14.0. The first kappa shape index (κ1) is 24.3. The maximum Gasteiger partial charge on any atom is 0.253 e. The van der Waals surface area contributed by atoms with E-state index in [1.807, 2.05) is 55.5 Å². The van der Waals surface area contributed by atoms with Gasteiger partial charge < -0.3 is 15.5 Å². The van der Waals surface area contributed by atoms with Gasteiger partial charge in [0.25, 0.3) is 5.91 Å². The number of amides is 1. The van der Waals surface area contributed by atoms with Gasteiger partial charge in [0.2, 0.25) is 0 Å². The molecule has 0 saturated carbocycles. The van der Waals surface area contributed by atoms with E-state index >= 15 is 0 Å². The summed E-state index contributed by atoms with van der Waals surface area (Å²) in [4.78, 5) is 22.4. The van der Waals surface area contributed by atoms with Gasteiger partial charge in [-0.1, -0.05) is 30.3 Å². The maximum atomic E-state index is 12.0. The third-order valence-electron chi connectivity index (χ3n) is 4.45. The third kappa shape index (κ3) is 7.06. The Morgan fingerprint density at radius 3 is 2.52 bits per heavy atom. The van der Waals surface area contributed by atoms with E-state index in [1.165, 1.54) is 6.33 Å². The first-order chi connectivity index (χ1) is 14.6. The smallest absolute Gasteiger partial charge is 0.253 e. The normalized spacial score (nSPS) is 10.9. The van der Waals surface area contributed by atoms with Crippen LogP contribution in [-0.4, -0.2) is 52.6 Å². The summed E-state index contributed by atoms with van der Waals surface area (Å²) in [5, 5.41) is 13.4. The summed E-state index contributed by atoms with van der Waals surface area (Å²) in [6.07, 6.45) is 1.50. The number of nitrogens with zero attached hydrogens (tertiary/aromatic N) is 4. The molecule has 1 aromatic heterocycles. The fourth-order valence-corrected chi connectivity index (χ4v) is 2.88. The SMILES string of the molecule is CCNC(=NCc1cccc(-c2ncn[nH]2)c1)NCc1ccc(C(=O)N(C)C)cc1.I. The number of benzene rings is 2. The molecule has 0 unspecified atom stereocenters. The molecule has 3 N–H and O–H groups in total. The van der Waals surface area contributed by atoms with E-state index in [9.17, 15) is 4.79 Å². The van der Waals surface area contributed by atoms with Gasteiger partial charge in [0.15, 0.2) is 11.8 Å². The molecule has 9 heteroatoms. The van der Waals surface area contributed by atoms with Crippen molar-refractivity contribution in [1.29, 1.82) is 0 Å². The van der Waals surface area contributed by atoms with Crippen molar-refractivity contribution in [3.63, 3.8) is 0 Å². The van der Waals surface area contributed by atoms with E-state index in [4.69, 9.17) is 0 Å². The topological polar surface area (TPSA) is 98.3 Å². The molecular formula is C22H28IN7O. The molecule has 1 amide bonds. The summed E-state index contributed by atoms with van der Waals surface area (Å²) >= 11 is 0. The molecule has 0 fully saturated rings. The van der Waals surface area contributed by atoms with Crippen LogP contribution in [0.5, 0.6) is 0 Å². The number of carbonyl (C=O) groups is 1. The largest absolute Gasteiger partial charge is 0.357 e. The molecule has 31 heavy (non-hydrogen) atoms. The summed E-state index contributed by atoms with van der Waals surface area (Å²) in [5.74, 6) is 1.47. The zero-order chi connectivity index (χ0) is 21.3. The number of H-pyrrole nitrogens is 1. The van der Waals surface area contributed by atoms with Gasteiger partial charge in [-0.15, -0.1) is 24.0 Å². The summed E-state index contributed by atoms with van der Waals surface area (Å²) in [7, 11) is 3.50. The number of halogens is 1. The highest BCUT2D eigenvalue weighted by Gasteiger charge is 2.07. The monoisotopic (exact) mass is 533 g/mol. The van der Waals surface area contributed by atoms with E-state index in [1.54, 1.807) is 19.0 Å². The lowest BCUT2D eigenvalue weighted by Gasteiger charge is -2.13. The van der Waals surface area contributed by atoms with Gasteiger partial charge in [0.1, 0.15) is 6.33 Å². The first-order valence-electron chi connectivity index (χ1n) is 9.84. The molecule has 0 aliphatic carbocycles. The van der Waals surface area contributed by atoms with Crippen LogP contribution in [-0.2, 0) is 13.1 Å². The molecule has 0 radical (unpaired) electrons. The predicted octanol–water partition coefficient (Wildman–Crippen LogP) is 3.05. The number of rotatable bonds is 7.